The highest BCUT2D eigenvalue weighted by atomic mass is 32.2. The molecule has 1 amide bonds. The Hall–Kier alpha value is -3.05. The zero-order chi connectivity index (χ0) is 21.8. The second kappa shape index (κ2) is 9.40. The van der Waals surface area contributed by atoms with Gasteiger partial charge in [-0.1, -0.05) is 60.2 Å². The van der Waals surface area contributed by atoms with E-state index in [9.17, 15) is 4.79 Å². The van der Waals surface area contributed by atoms with Gasteiger partial charge in [-0.05, 0) is 61.0 Å². The lowest BCUT2D eigenvalue weighted by molar-refractivity contribution is -0.122. The number of hydrogen-bond acceptors (Lipinski definition) is 4. The maximum Gasteiger partial charge on any atom is 0.266 e. The monoisotopic (exact) mass is 430 g/mol. The molecule has 158 valence electrons. The van der Waals surface area contributed by atoms with Gasteiger partial charge in [0.15, 0.2) is 5.17 Å². The molecule has 0 unspecified atom stereocenters. The lowest BCUT2D eigenvalue weighted by Gasteiger charge is -2.13. The van der Waals surface area contributed by atoms with Crippen molar-refractivity contribution < 1.29 is 9.53 Å². The van der Waals surface area contributed by atoms with Gasteiger partial charge in [0.1, 0.15) is 12.4 Å². The molecule has 0 N–H and O–H groups in total. The summed E-state index contributed by atoms with van der Waals surface area (Å²) >= 11 is 1.44. The highest BCUT2D eigenvalue weighted by Gasteiger charge is 2.32. The Balaban J connectivity index is 1.74. The van der Waals surface area contributed by atoms with E-state index in [2.05, 4.69) is 54.4 Å². The minimum absolute atomic E-state index is 0.00267. The molecule has 1 heterocycles. The van der Waals surface area contributed by atoms with Crippen molar-refractivity contribution in [2.75, 3.05) is 13.1 Å². The van der Waals surface area contributed by atoms with Crippen LogP contribution < -0.4 is 4.74 Å². The van der Waals surface area contributed by atoms with Crippen LogP contribution in [0.15, 0.2) is 70.6 Å². The highest BCUT2D eigenvalue weighted by Crippen LogP contribution is 2.37. The summed E-state index contributed by atoms with van der Waals surface area (Å²) < 4.78 is 6.24. The van der Waals surface area contributed by atoms with E-state index in [1.165, 1.54) is 17.3 Å². The van der Waals surface area contributed by atoms with Crippen molar-refractivity contribution in [3.05, 3.63) is 82.3 Å². The van der Waals surface area contributed by atoms with Gasteiger partial charge in [-0.15, -0.1) is 0 Å². The predicted molar refractivity (Wildman–Crippen MR) is 130 cm³/mol. The fourth-order valence-corrected chi connectivity index (χ4v) is 4.65. The van der Waals surface area contributed by atoms with Crippen LogP contribution in [-0.4, -0.2) is 29.1 Å². The maximum atomic E-state index is 13.0. The van der Waals surface area contributed by atoms with Crippen LogP contribution in [0.25, 0.3) is 16.8 Å². The van der Waals surface area contributed by atoms with Crippen LogP contribution in [-0.2, 0) is 11.4 Å². The Bertz CT molecular complexity index is 1170. The van der Waals surface area contributed by atoms with Crippen molar-refractivity contribution in [3.8, 4) is 5.75 Å². The van der Waals surface area contributed by atoms with Crippen molar-refractivity contribution in [3.63, 3.8) is 0 Å². The fraction of sp³-hybridized carbons (Fsp3) is 0.231. The zero-order valence-corrected chi connectivity index (χ0v) is 18.9. The molecule has 0 aromatic heterocycles. The molecule has 1 aliphatic heterocycles. The number of amidine groups is 1. The van der Waals surface area contributed by atoms with Crippen molar-refractivity contribution in [1.82, 2.24) is 4.90 Å². The molecule has 31 heavy (non-hydrogen) atoms. The van der Waals surface area contributed by atoms with Crippen molar-refractivity contribution in [2.24, 2.45) is 4.99 Å². The van der Waals surface area contributed by atoms with Gasteiger partial charge in [-0.2, -0.15) is 0 Å². The van der Waals surface area contributed by atoms with E-state index >= 15 is 0 Å². The molecule has 1 aliphatic rings. The van der Waals surface area contributed by atoms with E-state index in [1.807, 2.05) is 38.1 Å². The van der Waals surface area contributed by atoms with E-state index in [-0.39, 0.29) is 5.91 Å². The number of thioether (sulfide) groups is 1. The molecule has 5 heteroatoms. The summed E-state index contributed by atoms with van der Waals surface area (Å²) in [4.78, 5) is 19.9. The summed E-state index contributed by atoms with van der Waals surface area (Å²) in [5, 5.41) is 2.94. The topological polar surface area (TPSA) is 41.9 Å². The van der Waals surface area contributed by atoms with Crippen LogP contribution in [0.2, 0.25) is 0 Å². The Labute approximate surface area is 187 Å². The van der Waals surface area contributed by atoms with Gasteiger partial charge in [0.25, 0.3) is 5.91 Å². The molecule has 0 saturated carbocycles. The predicted octanol–water partition coefficient (Wildman–Crippen LogP) is 6.04. The van der Waals surface area contributed by atoms with Gasteiger partial charge in [-0.25, -0.2) is 0 Å². The first-order valence-electron chi connectivity index (χ1n) is 10.6. The van der Waals surface area contributed by atoms with Crippen LogP contribution in [0.1, 0.15) is 30.5 Å². The van der Waals surface area contributed by atoms with E-state index in [0.717, 1.165) is 32.8 Å². The van der Waals surface area contributed by atoms with E-state index in [1.54, 1.807) is 4.90 Å². The number of carbonyl (C=O) groups excluding carboxylic acids is 1. The Morgan fingerprint density at radius 1 is 1.03 bits per heavy atom. The summed E-state index contributed by atoms with van der Waals surface area (Å²) in [7, 11) is 0. The van der Waals surface area contributed by atoms with Gasteiger partial charge >= 0.3 is 0 Å². The third-order valence-electron chi connectivity index (χ3n) is 5.22. The minimum atomic E-state index is -0.00267. The number of fused-ring (bicyclic) bond motifs is 1. The van der Waals surface area contributed by atoms with Crippen molar-refractivity contribution in [1.29, 1.82) is 0 Å². The molecule has 0 aliphatic carbocycles. The molecule has 0 atom stereocenters. The summed E-state index contributed by atoms with van der Waals surface area (Å²) in [5.74, 6) is 0.765. The van der Waals surface area contributed by atoms with Crippen LogP contribution in [0, 0.1) is 6.92 Å². The number of carbonyl (C=O) groups is 1. The Morgan fingerprint density at radius 3 is 2.55 bits per heavy atom. The van der Waals surface area contributed by atoms with Crippen LogP contribution in [0.4, 0.5) is 0 Å². The first-order valence-corrected chi connectivity index (χ1v) is 11.4. The first-order chi connectivity index (χ1) is 15.1. The van der Waals surface area contributed by atoms with E-state index in [4.69, 9.17) is 4.74 Å². The highest BCUT2D eigenvalue weighted by molar-refractivity contribution is 8.18. The van der Waals surface area contributed by atoms with Gasteiger partial charge in [0.05, 0.1) is 4.91 Å². The minimum Gasteiger partial charge on any atom is -0.488 e. The number of hydrogen-bond donors (Lipinski definition) is 0. The smallest absolute Gasteiger partial charge is 0.266 e. The lowest BCUT2D eigenvalue weighted by atomic mass is 10.0. The average molecular weight is 431 g/mol. The standard InChI is InChI=1S/C26H26N2O2S/c1-4-27-26-28(5-2)25(29)24(31-26)16-22-21-9-7-6-8-20(21)14-15-23(22)30-17-19-12-10-18(3)11-13-19/h6-16H,4-5,17H2,1-3H3/b24-16+,27-26?. The summed E-state index contributed by atoms with van der Waals surface area (Å²) in [5.41, 5.74) is 3.26. The largest absolute Gasteiger partial charge is 0.488 e. The number of aryl methyl sites for hydroxylation is 1. The van der Waals surface area contributed by atoms with Crippen LogP contribution in [0.3, 0.4) is 0 Å². The van der Waals surface area contributed by atoms with Crippen LogP contribution in [0.5, 0.6) is 5.75 Å². The number of likely N-dealkylation sites (N-methyl/N-ethyl adjacent to an activating group) is 1. The number of aliphatic imine (C=N–C) groups is 1. The van der Waals surface area contributed by atoms with Gasteiger partial charge in [0.2, 0.25) is 0 Å². The zero-order valence-electron chi connectivity index (χ0n) is 18.1. The third-order valence-corrected chi connectivity index (χ3v) is 6.26. The average Bonchev–Trinajstić information content (AvgIpc) is 3.08. The quantitative estimate of drug-likeness (QED) is 0.448. The molecule has 0 bridgehead atoms. The molecule has 3 aromatic rings. The summed E-state index contributed by atoms with van der Waals surface area (Å²) in [6.07, 6.45) is 1.96. The number of nitrogens with zero attached hydrogens (tertiary/aromatic N) is 2. The van der Waals surface area contributed by atoms with Crippen molar-refractivity contribution in [2.45, 2.75) is 27.4 Å². The molecule has 3 aromatic carbocycles. The van der Waals surface area contributed by atoms with E-state index in [0.29, 0.717) is 24.6 Å². The molecule has 0 spiro atoms. The molecular formula is C26H26N2O2S. The first kappa shape index (κ1) is 21.2. The molecular weight excluding hydrogens is 404 g/mol. The maximum absolute atomic E-state index is 13.0. The second-order valence-corrected chi connectivity index (χ2v) is 8.40. The second-order valence-electron chi connectivity index (χ2n) is 7.39. The molecule has 1 saturated heterocycles. The molecule has 1 fully saturated rings. The molecule has 4 nitrogen and oxygen atoms in total. The third kappa shape index (κ3) is 4.52. The normalized spacial score (nSPS) is 16.6. The van der Waals surface area contributed by atoms with Gasteiger partial charge in [-0.3, -0.25) is 14.7 Å². The lowest BCUT2D eigenvalue weighted by Crippen LogP contribution is -2.28. The number of ether oxygens (including phenoxy) is 1. The fourth-order valence-electron chi connectivity index (χ4n) is 3.57. The SMILES string of the molecule is CCN=C1S/C(=C/c2c(OCc3ccc(C)cc3)ccc3ccccc23)C(=O)N1CC. The van der Waals surface area contributed by atoms with Gasteiger partial charge < -0.3 is 4.74 Å². The van der Waals surface area contributed by atoms with Crippen LogP contribution >= 0.6 is 11.8 Å². The summed E-state index contributed by atoms with van der Waals surface area (Å²) in [6.45, 7) is 7.76. The van der Waals surface area contributed by atoms with E-state index < -0.39 is 0 Å². The van der Waals surface area contributed by atoms with Gasteiger partial charge in [0, 0.05) is 18.7 Å². The summed E-state index contributed by atoms with van der Waals surface area (Å²) in [6, 6.07) is 20.6. The van der Waals surface area contributed by atoms with Crippen molar-refractivity contribution >= 4 is 39.7 Å². The number of benzene rings is 3. The number of amides is 1. The number of rotatable bonds is 6. The Kier molecular flexibility index (Phi) is 6.42. The molecule has 4 rings (SSSR count). The molecule has 0 radical (unpaired) electrons. The Morgan fingerprint density at radius 2 is 1.81 bits per heavy atom.